The van der Waals surface area contributed by atoms with Gasteiger partial charge in [-0.15, -0.1) is 0 Å². The molecule has 0 N–H and O–H groups in total. The van der Waals surface area contributed by atoms with E-state index in [1.807, 2.05) is 18.2 Å². The Labute approximate surface area is 141 Å². The number of nitrogens with zero attached hydrogens (tertiary/aromatic N) is 1. The SMILES string of the molecule is CCOC(=O)/C=C1\SCC(=O)N1Cc1cc(Br)ccc1OC. The number of rotatable bonds is 5. The maximum atomic E-state index is 12.1. The maximum absolute atomic E-state index is 12.1. The minimum atomic E-state index is -0.439. The van der Waals surface area contributed by atoms with Crippen LogP contribution in [0.1, 0.15) is 12.5 Å². The van der Waals surface area contributed by atoms with E-state index >= 15 is 0 Å². The Hall–Kier alpha value is -1.47. The molecule has 1 heterocycles. The summed E-state index contributed by atoms with van der Waals surface area (Å²) in [6, 6.07) is 5.61. The summed E-state index contributed by atoms with van der Waals surface area (Å²) in [5.74, 6) is 0.540. The van der Waals surface area contributed by atoms with Crippen LogP contribution in [-0.4, -0.2) is 36.2 Å². The Morgan fingerprint density at radius 2 is 2.27 bits per heavy atom. The lowest BCUT2D eigenvalue weighted by Gasteiger charge is -2.19. The predicted octanol–water partition coefficient (Wildman–Crippen LogP) is 2.94. The highest BCUT2D eigenvalue weighted by Crippen LogP contribution is 2.33. The smallest absolute Gasteiger partial charge is 0.333 e. The Kier molecular flexibility index (Phi) is 5.90. The Morgan fingerprint density at radius 3 is 2.95 bits per heavy atom. The number of ether oxygens (including phenoxy) is 2. The van der Waals surface area contributed by atoms with Crippen LogP contribution in [0.25, 0.3) is 0 Å². The van der Waals surface area contributed by atoms with Gasteiger partial charge in [-0.1, -0.05) is 27.7 Å². The van der Waals surface area contributed by atoms with Crippen molar-refractivity contribution >= 4 is 39.6 Å². The van der Waals surface area contributed by atoms with Gasteiger partial charge in [-0.2, -0.15) is 0 Å². The molecule has 0 aromatic heterocycles. The van der Waals surface area contributed by atoms with Crippen molar-refractivity contribution < 1.29 is 19.1 Å². The maximum Gasteiger partial charge on any atom is 0.333 e. The molecule has 5 nitrogen and oxygen atoms in total. The first-order valence-electron chi connectivity index (χ1n) is 6.69. The van der Waals surface area contributed by atoms with Crippen LogP contribution in [0.2, 0.25) is 0 Å². The molecule has 0 atom stereocenters. The lowest BCUT2D eigenvalue weighted by molar-refractivity contribution is -0.137. The first-order valence-corrected chi connectivity index (χ1v) is 8.47. The molecule has 1 amide bonds. The molecule has 1 saturated heterocycles. The zero-order valence-electron chi connectivity index (χ0n) is 12.3. The van der Waals surface area contributed by atoms with Crippen molar-refractivity contribution in [3.8, 4) is 5.75 Å². The number of carbonyl (C=O) groups is 2. The van der Waals surface area contributed by atoms with Gasteiger partial charge in [-0.25, -0.2) is 4.79 Å². The van der Waals surface area contributed by atoms with Crippen LogP contribution in [0, 0.1) is 0 Å². The summed E-state index contributed by atoms with van der Waals surface area (Å²) in [6.07, 6.45) is 1.36. The molecule has 0 bridgehead atoms. The normalized spacial score (nSPS) is 16.2. The highest BCUT2D eigenvalue weighted by molar-refractivity contribution is 9.10. The summed E-state index contributed by atoms with van der Waals surface area (Å²) in [5, 5.41) is 0.602. The van der Waals surface area contributed by atoms with Crippen LogP contribution in [0.3, 0.4) is 0 Å². The number of benzene rings is 1. The van der Waals surface area contributed by atoms with Gasteiger partial charge in [0.2, 0.25) is 5.91 Å². The zero-order valence-corrected chi connectivity index (χ0v) is 14.7. The Balaban J connectivity index is 2.24. The average Bonchev–Trinajstić information content (AvgIpc) is 2.81. The second kappa shape index (κ2) is 7.69. The van der Waals surface area contributed by atoms with E-state index in [2.05, 4.69) is 15.9 Å². The number of esters is 1. The fourth-order valence-corrected chi connectivity index (χ4v) is 3.36. The zero-order chi connectivity index (χ0) is 16.1. The van der Waals surface area contributed by atoms with Gasteiger partial charge >= 0.3 is 5.97 Å². The second-order valence-electron chi connectivity index (χ2n) is 4.46. The van der Waals surface area contributed by atoms with E-state index in [0.717, 1.165) is 10.0 Å². The topological polar surface area (TPSA) is 55.8 Å². The number of halogens is 1. The Morgan fingerprint density at radius 1 is 1.50 bits per heavy atom. The second-order valence-corrected chi connectivity index (χ2v) is 6.37. The summed E-state index contributed by atoms with van der Waals surface area (Å²) in [5.41, 5.74) is 0.863. The molecular weight excluding hydrogens is 370 g/mol. The van der Waals surface area contributed by atoms with Gasteiger partial charge in [0.25, 0.3) is 0 Å². The average molecular weight is 386 g/mol. The number of methoxy groups -OCH3 is 1. The van der Waals surface area contributed by atoms with Crippen molar-refractivity contribution in [2.24, 2.45) is 0 Å². The standard InChI is InChI=1S/C15H16BrNO4S/c1-3-21-15(19)7-14-17(13(18)9-22-14)8-10-6-11(16)4-5-12(10)20-2/h4-7H,3,8-9H2,1-2H3/b14-7-. The van der Waals surface area contributed by atoms with Crippen LogP contribution >= 0.6 is 27.7 Å². The summed E-state index contributed by atoms with van der Waals surface area (Å²) in [6.45, 7) is 2.40. The highest BCUT2D eigenvalue weighted by Gasteiger charge is 2.28. The number of thioether (sulfide) groups is 1. The molecule has 118 valence electrons. The molecule has 2 rings (SSSR count). The molecule has 0 spiro atoms. The lowest BCUT2D eigenvalue weighted by atomic mass is 10.2. The van der Waals surface area contributed by atoms with Gasteiger partial charge < -0.3 is 14.4 Å². The van der Waals surface area contributed by atoms with Gasteiger partial charge in [0, 0.05) is 10.0 Å². The summed E-state index contributed by atoms with van der Waals surface area (Å²) in [4.78, 5) is 25.2. The summed E-state index contributed by atoms with van der Waals surface area (Å²) < 4.78 is 11.1. The van der Waals surface area contributed by atoms with Crippen molar-refractivity contribution in [3.05, 3.63) is 39.3 Å². The molecular formula is C15H16BrNO4S. The number of amides is 1. The molecule has 1 aliphatic rings. The van der Waals surface area contributed by atoms with Crippen LogP contribution in [0.4, 0.5) is 0 Å². The van der Waals surface area contributed by atoms with E-state index in [1.54, 1.807) is 18.9 Å². The fourth-order valence-electron chi connectivity index (χ4n) is 2.03. The molecule has 0 unspecified atom stereocenters. The van der Waals surface area contributed by atoms with Gasteiger partial charge in [-0.05, 0) is 25.1 Å². The van der Waals surface area contributed by atoms with Crippen molar-refractivity contribution in [3.63, 3.8) is 0 Å². The van der Waals surface area contributed by atoms with E-state index in [-0.39, 0.29) is 5.91 Å². The highest BCUT2D eigenvalue weighted by atomic mass is 79.9. The quantitative estimate of drug-likeness (QED) is 0.575. The first kappa shape index (κ1) is 16.9. The third-order valence-electron chi connectivity index (χ3n) is 3.01. The lowest BCUT2D eigenvalue weighted by Crippen LogP contribution is -2.24. The third-order valence-corrected chi connectivity index (χ3v) is 4.53. The van der Waals surface area contributed by atoms with E-state index in [4.69, 9.17) is 9.47 Å². The first-order chi connectivity index (χ1) is 10.5. The number of hydrogen-bond acceptors (Lipinski definition) is 5. The van der Waals surface area contributed by atoms with Crippen molar-refractivity contribution in [1.29, 1.82) is 0 Å². The van der Waals surface area contributed by atoms with Gasteiger partial charge in [0.15, 0.2) is 0 Å². The monoisotopic (exact) mass is 385 g/mol. The minimum Gasteiger partial charge on any atom is -0.496 e. The van der Waals surface area contributed by atoms with Crippen molar-refractivity contribution in [1.82, 2.24) is 4.90 Å². The van der Waals surface area contributed by atoms with E-state index in [9.17, 15) is 9.59 Å². The molecule has 1 aliphatic heterocycles. The molecule has 1 aromatic carbocycles. The van der Waals surface area contributed by atoms with Gasteiger partial charge in [0.1, 0.15) is 5.75 Å². The molecule has 1 aromatic rings. The summed E-state index contributed by atoms with van der Waals surface area (Å²) in [7, 11) is 1.59. The van der Waals surface area contributed by atoms with Crippen LogP contribution in [0.15, 0.2) is 33.8 Å². The van der Waals surface area contributed by atoms with Gasteiger partial charge in [0.05, 0.1) is 37.1 Å². The van der Waals surface area contributed by atoms with E-state index in [1.165, 1.54) is 17.8 Å². The summed E-state index contributed by atoms with van der Waals surface area (Å²) >= 11 is 4.75. The number of carbonyl (C=O) groups excluding carboxylic acids is 2. The van der Waals surface area contributed by atoms with E-state index < -0.39 is 5.97 Å². The third kappa shape index (κ3) is 4.04. The number of hydrogen-bond donors (Lipinski definition) is 0. The molecule has 22 heavy (non-hydrogen) atoms. The largest absolute Gasteiger partial charge is 0.496 e. The fraction of sp³-hybridized carbons (Fsp3) is 0.333. The Bertz CT molecular complexity index is 618. The van der Waals surface area contributed by atoms with Crippen molar-refractivity contribution in [2.75, 3.05) is 19.5 Å². The molecule has 1 fully saturated rings. The molecule has 0 radical (unpaired) electrons. The van der Waals surface area contributed by atoms with Crippen LogP contribution in [0.5, 0.6) is 5.75 Å². The van der Waals surface area contributed by atoms with Crippen molar-refractivity contribution in [2.45, 2.75) is 13.5 Å². The van der Waals surface area contributed by atoms with Crippen LogP contribution < -0.4 is 4.74 Å². The predicted molar refractivity (Wildman–Crippen MR) is 88.4 cm³/mol. The van der Waals surface area contributed by atoms with E-state index in [0.29, 0.717) is 29.7 Å². The van der Waals surface area contributed by atoms with Crippen LogP contribution in [-0.2, 0) is 20.9 Å². The molecule has 0 aliphatic carbocycles. The molecule has 7 heteroatoms. The minimum absolute atomic E-state index is 0.0393. The van der Waals surface area contributed by atoms with Gasteiger partial charge in [-0.3, -0.25) is 4.79 Å². The molecule has 0 saturated carbocycles.